The molecule has 0 aromatic carbocycles. The van der Waals surface area contributed by atoms with Crippen molar-refractivity contribution in [3.8, 4) is 0 Å². The molecule has 1 aliphatic heterocycles. The quantitative estimate of drug-likeness (QED) is 0.615. The van der Waals surface area contributed by atoms with E-state index in [4.69, 9.17) is 5.11 Å². The van der Waals surface area contributed by atoms with Crippen LogP contribution in [-0.4, -0.2) is 48.2 Å². The molecule has 1 unspecified atom stereocenters. The van der Waals surface area contributed by atoms with E-state index < -0.39 is 6.10 Å². The highest BCUT2D eigenvalue weighted by Crippen LogP contribution is 2.07. The Morgan fingerprint density at radius 1 is 1.69 bits per heavy atom. The van der Waals surface area contributed by atoms with Crippen molar-refractivity contribution in [1.82, 2.24) is 10.2 Å². The van der Waals surface area contributed by atoms with Gasteiger partial charge in [0.25, 0.3) is 0 Å². The van der Waals surface area contributed by atoms with Gasteiger partial charge < -0.3 is 15.3 Å². The molecule has 1 rings (SSSR count). The van der Waals surface area contributed by atoms with E-state index >= 15 is 0 Å². The number of nitrogens with zero attached hydrogens (tertiary/aromatic N) is 1. The number of piperidine rings is 1. The van der Waals surface area contributed by atoms with Crippen molar-refractivity contribution in [2.24, 2.45) is 0 Å². The Morgan fingerprint density at radius 3 is 2.92 bits per heavy atom. The smallest absolute Gasteiger partial charge is 0.248 e. The zero-order chi connectivity index (χ0) is 9.84. The Hall–Kier alpha value is -0.610. The van der Waals surface area contributed by atoms with Gasteiger partial charge >= 0.3 is 0 Å². The molecule has 2 atom stereocenters. The van der Waals surface area contributed by atoms with E-state index in [2.05, 4.69) is 10.2 Å². The fraction of sp³-hybridized carbons (Fsp3) is 0.889. The largest absolute Gasteiger partial charge is 0.384 e. The molecule has 0 aromatic heterocycles. The minimum Gasteiger partial charge on any atom is -0.384 e. The molecule has 0 saturated carbocycles. The number of carbonyl (C=O) groups is 1. The normalized spacial score (nSPS) is 26.8. The lowest BCUT2D eigenvalue weighted by Crippen LogP contribution is -2.48. The van der Waals surface area contributed by atoms with E-state index in [0.717, 1.165) is 25.9 Å². The van der Waals surface area contributed by atoms with Crippen LogP contribution in [0.4, 0.5) is 0 Å². The predicted octanol–water partition coefficient (Wildman–Crippen LogP) is -0.422. The second-order valence-electron chi connectivity index (χ2n) is 3.79. The molecule has 0 aromatic rings. The van der Waals surface area contributed by atoms with Crippen LogP contribution >= 0.6 is 0 Å². The first-order chi connectivity index (χ1) is 6.09. The summed E-state index contributed by atoms with van der Waals surface area (Å²) in [6, 6.07) is 0.209. The number of carbonyl (C=O) groups excluding carboxylic acids is 1. The predicted molar refractivity (Wildman–Crippen MR) is 50.3 cm³/mol. The van der Waals surface area contributed by atoms with Crippen molar-refractivity contribution in [1.29, 1.82) is 0 Å². The van der Waals surface area contributed by atoms with Gasteiger partial charge in [-0.15, -0.1) is 0 Å². The lowest BCUT2D eigenvalue weighted by Gasteiger charge is -2.30. The van der Waals surface area contributed by atoms with Gasteiger partial charge in [0.05, 0.1) is 0 Å². The molecule has 1 aliphatic rings. The number of hydrogen-bond acceptors (Lipinski definition) is 3. The van der Waals surface area contributed by atoms with Crippen LogP contribution in [0.2, 0.25) is 0 Å². The summed E-state index contributed by atoms with van der Waals surface area (Å²) in [4.78, 5) is 13.3. The molecule has 76 valence electrons. The fourth-order valence-corrected chi connectivity index (χ4v) is 1.61. The molecule has 1 amide bonds. The highest BCUT2D eigenvalue weighted by molar-refractivity contribution is 5.80. The zero-order valence-corrected chi connectivity index (χ0v) is 8.29. The van der Waals surface area contributed by atoms with Crippen molar-refractivity contribution in [2.45, 2.75) is 31.9 Å². The average Bonchev–Trinajstić information content (AvgIpc) is 2.04. The van der Waals surface area contributed by atoms with Gasteiger partial charge in [-0.1, -0.05) is 0 Å². The molecule has 13 heavy (non-hydrogen) atoms. The molecule has 1 fully saturated rings. The molecule has 2 N–H and O–H groups in total. The molecule has 4 nitrogen and oxygen atoms in total. The number of rotatable bonds is 2. The molecular formula is C9H18N2O2. The van der Waals surface area contributed by atoms with Crippen LogP contribution < -0.4 is 5.32 Å². The van der Waals surface area contributed by atoms with Gasteiger partial charge in [-0.05, 0) is 33.4 Å². The van der Waals surface area contributed by atoms with E-state index in [1.165, 1.54) is 6.92 Å². The Labute approximate surface area is 78.9 Å². The molecule has 0 bridgehead atoms. The highest BCUT2D eigenvalue weighted by Gasteiger charge is 2.20. The fourth-order valence-electron chi connectivity index (χ4n) is 1.61. The van der Waals surface area contributed by atoms with Crippen LogP contribution in [0.5, 0.6) is 0 Å². The third kappa shape index (κ3) is 3.32. The summed E-state index contributed by atoms with van der Waals surface area (Å²) in [5.74, 6) is -0.264. The summed E-state index contributed by atoms with van der Waals surface area (Å²) < 4.78 is 0. The number of likely N-dealkylation sites (N-methyl/N-ethyl adjacent to an activating group) is 1. The van der Waals surface area contributed by atoms with Crippen LogP contribution in [0.25, 0.3) is 0 Å². The van der Waals surface area contributed by atoms with Crippen LogP contribution in [0, 0.1) is 0 Å². The summed E-state index contributed by atoms with van der Waals surface area (Å²) in [6.45, 7) is 3.47. The molecular weight excluding hydrogens is 168 g/mol. The van der Waals surface area contributed by atoms with Gasteiger partial charge in [-0.2, -0.15) is 0 Å². The number of aliphatic hydroxyl groups is 1. The Balaban J connectivity index is 2.31. The lowest BCUT2D eigenvalue weighted by atomic mass is 10.1. The van der Waals surface area contributed by atoms with E-state index in [9.17, 15) is 4.79 Å². The molecule has 0 aliphatic carbocycles. The standard InChI is InChI=1S/C9H18N2O2/c1-7(12)9(13)10-8-4-3-5-11(2)6-8/h7-8,12H,3-6H2,1-2H3,(H,10,13)/t7-,8?/m0/s1. The summed E-state index contributed by atoms with van der Waals surface area (Å²) >= 11 is 0. The van der Waals surface area contributed by atoms with Gasteiger partial charge in [0.1, 0.15) is 6.10 Å². The number of nitrogens with one attached hydrogen (secondary N) is 1. The number of likely N-dealkylation sites (tertiary alicyclic amines) is 1. The first-order valence-corrected chi connectivity index (χ1v) is 4.76. The van der Waals surface area contributed by atoms with E-state index in [1.807, 2.05) is 7.05 Å². The Bertz CT molecular complexity index is 182. The van der Waals surface area contributed by atoms with E-state index in [1.54, 1.807) is 0 Å². The van der Waals surface area contributed by atoms with Gasteiger partial charge in [0.2, 0.25) is 5.91 Å². The first-order valence-electron chi connectivity index (χ1n) is 4.76. The van der Waals surface area contributed by atoms with Crippen molar-refractivity contribution in [2.75, 3.05) is 20.1 Å². The third-order valence-corrected chi connectivity index (χ3v) is 2.35. The van der Waals surface area contributed by atoms with Crippen molar-refractivity contribution in [3.05, 3.63) is 0 Å². The SMILES string of the molecule is C[C@H](O)C(=O)NC1CCCN(C)C1. The number of amides is 1. The second kappa shape index (κ2) is 4.58. The van der Waals surface area contributed by atoms with Gasteiger partial charge in [0, 0.05) is 12.6 Å². The molecule has 4 heteroatoms. The Morgan fingerprint density at radius 2 is 2.38 bits per heavy atom. The summed E-state index contributed by atoms with van der Waals surface area (Å²) in [5.41, 5.74) is 0. The second-order valence-corrected chi connectivity index (χ2v) is 3.79. The molecule has 0 radical (unpaired) electrons. The van der Waals surface area contributed by atoms with Gasteiger partial charge in [0.15, 0.2) is 0 Å². The van der Waals surface area contributed by atoms with E-state index in [0.29, 0.717) is 0 Å². The zero-order valence-electron chi connectivity index (χ0n) is 8.29. The summed E-state index contributed by atoms with van der Waals surface area (Å²) in [5, 5.41) is 11.8. The maximum atomic E-state index is 11.1. The summed E-state index contributed by atoms with van der Waals surface area (Å²) in [7, 11) is 2.04. The highest BCUT2D eigenvalue weighted by atomic mass is 16.3. The number of aliphatic hydroxyl groups excluding tert-OH is 1. The van der Waals surface area contributed by atoms with Crippen LogP contribution in [0.1, 0.15) is 19.8 Å². The van der Waals surface area contributed by atoms with Gasteiger partial charge in [-0.25, -0.2) is 0 Å². The van der Waals surface area contributed by atoms with E-state index in [-0.39, 0.29) is 11.9 Å². The molecule has 0 spiro atoms. The maximum Gasteiger partial charge on any atom is 0.248 e. The van der Waals surface area contributed by atoms with Crippen molar-refractivity contribution >= 4 is 5.91 Å². The lowest BCUT2D eigenvalue weighted by molar-refractivity contribution is -0.129. The van der Waals surface area contributed by atoms with Crippen molar-refractivity contribution in [3.63, 3.8) is 0 Å². The van der Waals surface area contributed by atoms with Crippen molar-refractivity contribution < 1.29 is 9.90 Å². The third-order valence-electron chi connectivity index (χ3n) is 2.35. The topological polar surface area (TPSA) is 52.6 Å². The first kappa shape index (κ1) is 10.5. The average molecular weight is 186 g/mol. The van der Waals surface area contributed by atoms with Crippen LogP contribution in [0.3, 0.4) is 0 Å². The van der Waals surface area contributed by atoms with Gasteiger partial charge in [-0.3, -0.25) is 4.79 Å². The molecule has 1 saturated heterocycles. The van der Waals surface area contributed by atoms with Crippen LogP contribution in [-0.2, 0) is 4.79 Å². The summed E-state index contributed by atoms with van der Waals surface area (Å²) in [6.07, 6.45) is 1.23. The minimum atomic E-state index is -0.896. The number of hydrogen-bond donors (Lipinski definition) is 2. The monoisotopic (exact) mass is 186 g/mol. The Kier molecular flexibility index (Phi) is 3.69. The van der Waals surface area contributed by atoms with Crippen LogP contribution in [0.15, 0.2) is 0 Å². The maximum absolute atomic E-state index is 11.1. The molecule has 1 heterocycles. The minimum absolute atomic E-state index is 0.209.